The van der Waals surface area contributed by atoms with Crippen molar-refractivity contribution in [2.75, 3.05) is 17.6 Å². The minimum Gasteiger partial charge on any atom is -0.399 e. The number of nitrogen functional groups attached to an aromatic ring is 1. The summed E-state index contributed by atoms with van der Waals surface area (Å²) in [6, 6.07) is 5.54. The molecule has 0 aromatic heterocycles. The largest absolute Gasteiger partial charge is 0.399 e. The van der Waals surface area contributed by atoms with Gasteiger partial charge in [-0.3, -0.25) is 0 Å². The minimum absolute atomic E-state index is 0.696. The van der Waals surface area contributed by atoms with E-state index >= 15 is 0 Å². The first kappa shape index (κ1) is 11.2. The zero-order valence-electron chi connectivity index (χ0n) is 8.52. The minimum atomic E-state index is 0.696. The van der Waals surface area contributed by atoms with E-state index in [2.05, 4.69) is 12.2 Å². The third-order valence-corrected chi connectivity index (χ3v) is 2.40. The zero-order chi connectivity index (χ0) is 10.4. The van der Waals surface area contributed by atoms with Gasteiger partial charge in [0.15, 0.2) is 0 Å². The van der Waals surface area contributed by atoms with E-state index in [1.807, 2.05) is 12.1 Å². The van der Waals surface area contributed by atoms with Gasteiger partial charge in [0.25, 0.3) is 0 Å². The highest BCUT2D eigenvalue weighted by Crippen LogP contribution is 2.23. The molecule has 78 valence electrons. The second-order valence-corrected chi connectivity index (χ2v) is 3.78. The van der Waals surface area contributed by atoms with Crippen LogP contribution in [0.1, 0.15) is 26.2 Å². The molecule has 0 aliphatic rings. The highest BCUT2D eigenvalue weighted by atomic mass is 35.5. The maximum Gasteiger partial charge on any atom is 0.0657 e. The zero-order valence-corrected chi connectivity index (χ0v) is 9.27. The van der Waals surface area contributed by atoms with Gasteiger partial charge in [-0.15, -0.1) is 0 Å². The molecule has 0 atom stereocenters. The van der Waals surface area contributed by atoms with Crippen molar-refractivity contribution in [3.63, 3.8) is 0 Å². The predicted octanol–water partition coefficient (Wildman–Crippen LogP) is 3.52. The van der Waals surface area contributed by atoms with Gasteiger partial charge in [0, 0.05) is 12.2 Å². The summed E-state index contributed by atoms with van der Waals surface area (Å²) in [5.74, 6) is 0. The molecule has 0 aliphatic carbocycles. The van der Waals surface area contributed by atoms with Crippen molar-refractivity contribution >= 4 is 23.0 Å². The first-order chi connectivity index (χ1) is 6.74. The summed E-state index contributed by atoms with van der Waals surface area (Å²) in [5.41, 5.74) is 7.26. The van der Waals surface area contributed by atoms with Crippen molar-refractivity contribution in [1.29, 1.82) is 0 Å². The predicted molar refractivity (Wildman–Crippen MR) is 63.9 cm³/mol. The Labute approximate surface area is 90.4 Å². The van der Waals surface area contributed by atoms with E-state index in [1.165, 1.54) is 19.3 Å². The fourth-order valence-electron chi connectivity index (χ4n) is 1.27. The summed E-state index contributed by atoms with van der Waals surface area (Å²) in [6.45, 7) is 3.16. The quantitative estimate of drug-likeness (QED) is 0.579. The van der Waals surface area contributed by atoms with Crippen molar-refractivity contribution < 1.29 is 0 Å². The average molecular weight is 213 g/mol. The Morgan fingerprint density at radius 1 is 1.36 bits per heavy atom. The Morgan fingerprint density at radius 2 is 2.14 bits per heavy atom. The monoisotopic (exact) mass is 212 g/mol. The van der Waals surface area contributed by atoms with Crippen LogP contribution in [0, 0.1) is 0 Å². The van der Waals surface area contributed by atoms with E-state index in [0.717, 1.165) is 12.2 Å². The van der Waals surface area contributed by atoms with E-state index in [9.17, 15) is 0 Å². The summed E-state index contributed by atoms with van der Waals surface area (Å²) in [4.78, 5) is 0. The lowest BCUT2D eigenvalue weighted by molar-refractivity contribution is 0.744. The summed E-state index contributed by atoms with van der Waals surface area (Å²) >= 11 is 6.00. The van der Waals surface area contributed by atoms with Crippen molar-refractivity contribution in [2.45, 2.75) is 26.2 Å². The molecule has 0 saturated heterocycles. The molecule has 0 heterocycles. The molecular formula is C11H17ClN2. The molecular weight excluding hydrogens is 196 g/mol. The molecule has 0 radical (unpaired) electrons. The van der Waals surface area contributed by atoms with Crippen molar-refractivity contribution in [1.82, 2.24) is 0 Å². The van der Waals surface area contributed by atoms with E-state index in [4.69, 9.17) is 17.3 Å². The molecule has 2 nitrogen and oxygen atoms in total. The number of benzene rings is 1. The molecule has 0 aliphatic heterocycles. The molecule has 0 spiro atoms. The fraction of sp³-hybridized carbons (Fsp3) is 0.455. The molecule has 3 N–H and O–H groups in total. The van der Waals surface area contributed by atoms with Gasteiger partial charge < -0.3 is 11.1 Å². The van der Waals surface area contributed by atoms with E-state index in [-0.39, 0.29) is 0 Å². The Kier molecular flexibility index (Phi) is 4.60. The third-order valence-electron chi connectivity index (χ3n) is 2.09. The second-order valence-electron chi connectivity index (χ2n) is 3.37. The van der Waals surface area contributed by atoms with Gasteiger partial charge in [-0.05, 0) is 24.6 Å². The standard InChI is InChI=1S/C11H17ClN2/c1-2-3-4-7-14-11-6-5-9(13)8-10(11)12/h5-6,8,14H,2-4,7,13H2,1H3. The average Bonchev–Trinajstić information content (AvgIpc) is 2.15. The fourth-order valence-corrected chi connectivity index (χ4v) is 1.53. The number of nitrogens with two attached hydrogens (primary N) is 1. The number of hydrogen-bond donors (Lipinski definition) is 2. The van der Waals surface area contributed by atoms with Crippen LogP contribution in [-0.4, -0.2) is 6.54 Å². The van der Waals surface area contributed by atoms with Crippen LogP contribution in [0.3, 0.4) is 0 Å². The van der Waals surface area contributed by atoms with Gasteiger partial charge in [0.1, 0.15) is 0 Å². The Morgan fingerprint density at radius 3 is 2.79 bits per heavy atom. The molecule has 0 saturated carbocycles. The summed E-state index contributed by atoms with van der Waals surface area (Å²) in [5, 5.41) is 3.98. The first-order valence-corrected chi connectivity index (χ1v) is 5.40. The van der Waals surface area contributed by atoms with Crippen LogP contribution in [0.15, 0.2) is 18.2 Å². The van der Waals surface area contributed by atoms with E-state index in [0.29, 0.717) is 10.7 Å². The third kappa shape index (κ3) is 3.46. The molecule has 0 fully saturated rings. The lowest BCUT2D eigenvalue weighted by Crippen LogP contribution is -2.01. The van der Waals surface area contributed by atoms with Crippen molar-refractivity contribution in [3.8, 4) is 0 Å². The summed E-state index contributed by atoms with van der Waals surface area (Å²) in [6.07, 6.45) is 3.66. The van der Waals surface area contributed by atoms with Crippen LogP contribution in [0.5, 0.6) is 0 Å². The maximum absolute atomic E-state index is 6.00. The van der Waals surface area contributed by atoms with Crippen LogP contribution < -0.4 is 11.1 Å². The lowest BCUT2D eigenvalue weighted by atomic mass is 10.2. The lowest BCUT2D eigenvalue weighted by Gasteiger charge is -2.08. The number of halogens is 1. The van der Waals surface area contributed by atoms with E-state index < -0.39 is 0 Å². The molecule has 1 aromatic carbocycles. The van der Waals surface area contributed by atoms with Crippen molar-refractivity contribution in [2.24, 2.45) is 0 Å². The van der Waals surface area contributed by atoms with Gasteiger partial charge in [0.05, 0.1) is 10.7 Å². The second kappa shape index (κ2) is 5.76. The van der Waals surface area contributed by atoms with Crippen LogP contribution in [0.2, 0.25) is 5.02 Å². The molecule has 3 heteroatoms. The van der Waals surface area contributed by atoms with Gasteiger partial charge in [0.2, 0.25) is 0 Å². The van der Waals surface area contributed by atoms with Gasteiger partial charge in [-0.1, -0.05) is 31.4 Å². The summed E-state index contributed by atoms with van der Waals surface area (Å²) < 4.78 is 0. The normalized spacial score (nSPS) is 10.1. The van der Waals surface area contributed by atoms with Gasteiger partial charge in [-0.25, -0.2) is 0 Å². The van der Waals surface area contributed by atoms with Gasteiger partial charge >= 0.3 is 0 Å². The number of rotatable bonds is 5. The smallest absolute Gasteiger partial charge is 0.0657 e. The van der Waals surface area contributed by atoms with Crippen molar-refractivity contribution in [3.05, 3.63) is 23.2 Å². The van der Waals surface area contributed by atoms with Crippen LogP contribution in [0.4, 0.5) is 11.4 Å². The Bertz CT molecular complexity index is 287. The highest BCUT2D eigenvalue weighted by molar-refractivity contribution is 6.33. The van der Waals surface area contributed by atoms with Crippen LogP contribution in [-0.2, 0) is 0 Å². The molecule has 0 unspecified atom stereocenters. The molecule has 0 bridgehead atoms. The molecule has 0 amide bonds. The number of hydrogen-bond acceptors (Lipinski definition) is 2. The first-order valence-electron chi connectivity index (χ1n) is 5.03. The highest BCUT2D eigenvalue weighted by Gasteiger charge is 1.98. The topological polar surface area (TPSA) is 38.0 Å². The molecule has 14 heavy (non-hydrogen) atoms. The van der Waals surface area contributed by atoms with Gasteiger partial charge in [-0.2, -0.15) is 0 Å². The van der Waals surface area contributed by atoms with E-state index in [1.54, 1.807) is 6.07 Å². The van der Waals surface area contributed by atoms with Crippen LogP contribution >= 0.6 is 11.6 Å². The summed E-state index contributed by atoms with van der Waals surface area (Å²) in [7, 11) is 0. The number of unbranched alkanes of at least 4 members (excludes halogenated alkanes) is 2. The molecule has 1 rings (SSSR count). The molecule has 1 aromatic rings. The number of anilines is 2. The Hall–Kier alpha value is -0.890. The Balaban J connectivity index is 2.42. The number of nitrogens with one attached hydrogen (secondary N) is 1. The maximum atomic E-state index is 6.00. The van der Waals surface area contributed by atoms with Crippen LogP contribution in [0.25, 0.3) is 0 Å². The SMILES string of the molecule is CCCCCNc1ccc(N)cc1Cl.